The van der Waals surface area contributed by atoms with E-state index < -0.39 is 0 Å². The van der Waals surface area contributed by atoms with Gasteiger partial charge in [0.1, 0.15) is 16.7 Å². The third kappa shape index (κ3) is 2.38. The lowest BCUT2D eigenvalue weighted by molar-refractivity contribution is 0.669. The lowest BCUT2D eigenvalue weighted by Crippen LogP contribution is -2.18. The molecule has 0 radical (unpaired) electrons. The molecule has 40 heavy (non-hydrogen) atoms. The number of aromatic nitrogens is 1. The molecule has 186 valence electrons. The van der Waals surface area contributed by atoms with Crippen LogP contribution in [0.3, 0.4) is 0 Å². The summed E-state index contributed by atoms with van der Waals surface area (Å²) >= 11 is 0. The summed E-state index contributed by atoms with van der Waals surface area (Å²) in [7, 11) is 0. The lowest BCUT2D eigenvalue weighted by Gasteiger charge is -2.33. The van der Waals surface area contributed by atoms with E-state index in [2.05, 4.69) is 113 Å². The van der Waals surface area contributed by atoms with Crippen LogP contribution in [0.2, 0.25) is 0 Å². The van der Waals surface area contributed by atoms with Crippen LogP contribution in [-0.4, -0.2) is 4.57 Å². The van der Waals surface area contributed by atoms with Crippen molar-refractivity contribution >= 4 is 82.7 Å². The Hall–Kier alpha value is -5.48. The van der Waals surface area contributed by atoms with Crippen LogP contribution < -0.4 is 4.90 Å². The smallest absolute Gasteiger partial charge is 0.159 e. The van der Waals surface area contributed by atoms with Crippen LogP contribution >= 0.6 is 0 Å². The highest BCUT2D eigenvalue weighted by Crippen LogP contribution is 2.52. The van der Waals surface area contributed by atoms with Gasteiger partial charge in [-0.05, 0) is 48.5 Å². The predicted molar refractivity (Wildman–Crippen MR) is 164 cm³/mol. The highest BCUT2D eigenvalue weighted by molar-refractivity contribution is 6.27. The number of fused-ring (bicyclic) bond motifs is 12. The summed E-state index contributed by atoms with van der Waals surface area (Å²) in [6.07, 6.45) is 0. The van der Waals surface area contributed by atoms with Crippen molar-refractivity contribution in [3.8, 4) is 5.69 Å². The van der Waals surface area contributed by atoms with Gasteiger partial charge in [0, 0.05) is 26.9 Å². The minimum absolute atomic E-state index is 0.892. The Morgan fingerprint density at radius 3 is 1.88 bits per heavy atom. The maximum absolute atomic E-state index is 6.53. The average Bonchev–Trinajstić information content (AvgIpc) is 3.68. The molecule has 4 heteroatoms. The van der Waals surface area contributed by atoms with Gasteiger partial charge >= 0.3 is 0 Å². The summed E-state index contributed by atoms with van der Waals surface area (Å²) in [5.74, 6) is 0. The molecule has 0 saturated carbocycles. The van der Waals surface area contributed by atoms with E-state index in [4.69, 9.17) is 8.83 Å². The monoisotopic (exact) mass is 512 g/mol. The van der Waals surface area contributed by atoms with Crippen LogP contribution in [-0.2, 0) is 0 Å². The van der Waals surface area contributed by atoms with E-state index in [9.17, 15) is 0 Å². The average molecular weight is 513 g/mol. The zero-order chi connectivity index (χ0) is 25.9. The molecule has 0 aliphatic carbocycles. The maximum atomic E-state index is 6.53. The summed E-state index contributed by atoms with van der Waals surface area (Å²) in [6, 6.07) is 42.7. The Kier molecular flexibility index (Phi) is 3.65. The topological polar surface area (TPSA) is 34.5 Å². The number of hydrogen-bond donors (Lipinski definition) is 0. The molecule has 0 saturated heterocycles. The van der Waals surface area contributed by atoms with Crippen molar-refractivity contribution in [2.45, 2.75) is 0 Å². The van der Waals surface area contributed by atoms with Gasteiger partial charge in [-0.2, -0.15) is 0 Å². The van der Waals surface area contributed by atoms with Gasteiger partial charge in [0.2, 0.25) is 0 Å². The number of benzene rings is 6. The third-order valence-electron chi connectivity index (χ3n) is 8.50. The zero-order valence-electron chi connectivity index (χ0n) is 21.3. The fourth-order valence-corrected chi connectivity index (χ4v) is 6.91. The Labute approximate surface area is 227 Å². The Morgan fingerprint density at radius 2 is 1.00 bits per heavy atom. The molecular weight excluding hydrogens is 492 g/mol. The highest BCUT2D eigenvalue weighted by Gasteiger charge is 2.31. The maximum Gasteiger partial charge on any atom is 0.159 e. The van der Waals surface area contributed by atoms with Gasteiger partial charge in [-0.1, -0.05) is 72.8 Å². The number of para-hydroxylation sites is 6. The minimum atomic E-state index is 0.892. The summed E-state index contributed by atoms with van der Waals surface area (Å²) in [4.78, 5) is 2.37. The van der Waals surface area contributed by atoms with Crippen LogP contribution in [0.15, 0.2) is 130 Å². The van der Waals surface area contributed by atoms with Crippen molar-refractivity contribution in [2.75, 3.05) is 4.90 Å². The van der Waals surface area contributed by atoms with Gasteiger partial charge in [-0.25, -0.2) is 0 Å². The van der Waals surface area contributed by atoms with Crippen molar-refractivity contribution in [3.05, 3.63) is 121 Å². The van der Waals surface area contributed by atoms with Gasteiger partial charge in [-0.15, -0.1) is 0 Å². The van der Waals surface area contributed by atoms with E-state index in [0.29, 0.717) is 0 Å². The molecule has 0 bridgehead atoms. The first-order chi connectivity index (χ1) is 19.9. The molecule has 3 aromatic heterocycles. The molecule has 4 nitrogen and oxygen atoms in total. The number of furan rings is 2. The molecule has 0 fully saturated rings. The highest BCUT2D eigenvalue weighted by atomic mass is 16.3. The second-order valence-electron chi connectivity index (χ2n) is 10.5. The molecule has 0 unspecified atom stereocenters. The van der Waals surface area contributed by atoms with Crippen LogP contribution in [0, 0.1) is 0 Å². The molecule has 0 spiro atoms. The van der Waals surface area contributed by atoms with Gasteiger partial charge in [0.05, 0.1) is 39.2 Å². The van der Waals surface area contributed by atoms with E-state index >= 15 is 0 Å². The largest absolute Gasteiger partial charge is 0.456 e. The third-order valence-corrected chi connectivity index (χ3v) is 8.50. The van der Waals surface area contributed by atoms with Gasteiger partial charge in [0.25, 0.3) is 0 Å². The number of hydrogen-bond acceptors (Lipinski definition) is 3. The Morgan fingerprint density at radius 1 is 0.375 bits per heavy atom. The molecule has 1 aliphatic heterocycles. The van der Waals surface area contributed by atoms with Crippen molar-refractivity contribution in [1.29, 1.82) is 0 Å². The van der Waals surface area contributed by atoms with E-state index in [1.165, 1.54) is 21.8 Å². The van der Waals surface area contributed by atoms with Crippen LogP contribution in [0.25, 0.3) is 71.4 Å². The van der Waals surface area contributed by atoms with Crippen LogP contribution in [0.1, 0.15) is 0 Å². The van der Waals surface area contributed by atoms with E-state index in [-0.39, 0.29) is 0 Å². The number of anilines is 3. The second-order valence-corrected chi connectivity index (χ2v) is 10.5. The fraction of sp³-hybridized carbons (Fsp3) is 0. The summed E-state index contributed by atoms with van der Waals surface area (Å²) in [5.41, 5.74) is 10.4. The van der Waals surface area contributed by atoms with Gasteiger partial charge < -0.3 is 18.3 Å². The first-order valence-corrected chi connectivity index (χ1v) is 13.5. The molecule has 0 N–H and O–H groups in total. The molecule has 9 aromatic rings. The van der Waals surface area contributed by atoms with Crippen LogP contribution in [0.4, 0.5) is 17.1 Å². The summed E-state index contributed by atoms with van der Waals surface area (Å²) < 4.78 is 15.3. The first-order valence-electron chi connectivity index (χ1n) is 13.5. The zero-order valence-corrected chi connectivity index (χ0v) is 21.3. The van der Waals surface area contributed by atoms with Crippen LogP contribution in [0.5, 0.6) is 0 Å². The molecular formula is C36H20N2O2. The molecule has 0 atom stereocenters. The second kappa shape index (κ2) is 7.13. The number of nitrogens with zero attached hydrogens (tertiary/aromatic N) is 2. The molecule has 4 heterocycles. The quantitative estimate of drug-likeness (QED) is 0.219. The molecule has 0 amide bonds. The first kappa shape index (κ1) is 20.5. The van der Waals surface area contributed by atoms with Gasteiger partial charge in [0.15, 0.2) is 5.58 Å². The molecule has 1 aliphatic rings. The molecule has 10 rings (SSSR count). The SMILES string of the molecule is c1ccc2c(c1)N(c1cccc3c1oc1ccccc13)c1cccc3c4ccc5oc6ccccc6c5c4n-2c13. The predicted octanol–water partition coefficient (Wildman–Crippen LogP) is 10.4. The minimum Gasteiger partial charge on any atom is -0.456 e. The normalized spacial score (nSPS) is 12.9. The van der Waals surface area contributed by atoms with Gasteiger partial charge in [-0.3, -0.25) is 0 Å². The van der Waals surface area contributed by atoms with Crippen molar-refractivity contribution in [2.24, 2.45) is 0 Å². The van der Waals surface area contributed by atoms with E-state index in [1.54, 1.807) is 0 Å². The summed E-state index contributed by atoms with van der Waals surface area (Å²) in [5, 5.41) is 6.97. The van der Waals surface area contributed by atoms with E-state index in [1.807, 2.05) is 18.2 Å². The van der Waals surface area contributed by atoms with Crippen molar-refractivity contribution in [1.82, 2.24) is 4.57 Å². The Balaban J connectivity index is 1.40. The van der Waals surface area contributed by atoms with E-state index in [0.717, 1.165) is 66.6 Å². The molecule has 6 aromatic carbocycles. The fourth-order valence-electron chi connectivity index (χ4n) is 6.91. The lowest BCUT2D eigenvalue weighted by atomic mass is 10.1. The standard InChI is InChI=1S/C36H20N2O2/c1-5-17-30-21(9-1)24-12-8-16-29(36(24)40-30)37-26-13-3-4-14-27(26)38-34-22(11-7-15-28(34)37)23-19-20-32-33(35(23)38)25-10-2-6-18-31(25)39-32/h1-20H. The number of rotatable bonds is 1. The van der Waals surface area contributed by atoms with Crippen molar-refractivity contribution < 1.29 is 8.83 Å². The Bertz CT molecular complexity index is 2510. The van der Waals surface area contributed by atoms with Crippen molar-refractivity contribution in [3.63, 3.8) is 0 Å². The summed E-state index contributed by atoms with van der Waals surface area (Å²) in [6.45, 7) is 0.